The first-order chi connectivity index (χ1) is 11.9. The molecule has 1 aliphatic heterocycles. The first-order valence-electron chi connectivity index (χ1n) is 8.00. The molecule has 7 nitrogen and oxygen atoms in total. The molecule has 0 aliphatic carbocycles. The number of rotatable bonds is 5. The van der Waals surface area contributed by atoms with Crippen LogP contribution >= 0.6 is 23.7 Å². The van der Waals surface area contributed by atoms with E-state index >= 15 is 0 Å². The molecule has 0 saturated carbocycles. The highest BCUT2D eigenvalue weighted by molar-refractivity contribution is 7.09. The molecular weight excluding hydrogens is 360 g/mol. The number of thiazole rings is 1. The minimum atomic E-state index is 0. The van der Waals surface area contributed by atoms with Crippen molar-refractivity contribution in [3.8, 4) is 11.4 Å². The zero-order valence-corrected chi connectivity index (χ0v) is 15.2. The van der Waals surface area contributed by atoms with Gasteiger partial charge in [-0.25, -0.2) is 9.67 Å². The molecule has 1 saturated heterocycles. The van der Waals surface area contributed by atoms with Gasteiger partial charge in [0.05, 0.1) is 16.4 Å². The van der Waals surface area contributed by atoms with Crippen molar-refractivity contribution in [1.29, 1.82) is 0 Å². The molecule has 4 rings (SSSR count). The third-order valence-electron chi connectivity index (χ3n) is 4.09. The summed E-state index contributed by atoms with van der Waals surface area (Å²) in [6, 6.07) is 7.68. The van der Waals surface area contributed by atoms with E-state index in [1.165, 1.54) is 17.8 Å². The minimum absolute atomic E-state index is 0. The first-order valence-corrected chi connectivity index (χ1v) is 8.88. The van der Waals surface area contributed by atoms with Gasteiger partial charge >= 0.3 is 0 Å². The van der Waals surface area contributed by atoms with E-state index in [0.717, 1.165) is 30.2 Å². The van der Waals surface area contributed by atoms with Crippen molar-refractivity contribution < 1.29 is 4.74 Å². The summed E-state index contributed by atoms with van der Waals surface area (Å²) in [4.78, 5) is 4.74. The lowest BCUT2D eigenvalue weighted by Gasteiger charge is -2.20. The van der Waals surface area contributed by atoms with E-state index in [2.05, 4.69) is 26.2 Å². The van der Waals surface area contributed by atoms with Crippen LogP contribution in [-0.2, 0) is 6.61 Å². The van der Waals surface area contributed by atoms with Gasteiger partial charge in [-0.1, -0.05) is 0 Å². The Hall–Kier alpha value is -2.03. The van der Waals surface area contributed by atoms with Gasteiger partial charge in [0, 0.05) is 11.3 Å². The molecule has 0 spiro atoms. The number of halogens is 1. The molecule has 2 aromatic heterocycles. The zero-order valence-electron chi connectivity index (χ0n) is 13.5. The van der Waals surface area contributed by atoms with Gasteiger partial charge in [-0.05, 0) is 60.6 Å². The molecule has 1 N–H and O–H groups in total. The van der Waals surface area contributed by atoms with Gasteiger partial charge in [-0.3, -0.25) is 0 Å². The van der Waals surface area contributed by atoms with Crippen molar-refractivity contribution in [3.63, 3.8) is 0 Å². The van der Waals surface area contributed by atoms with Crippen molar-refractivity contribution in [2.45, 2.75) is 25.4 Å². The second kappa shape index (κ2) is 8.37. The van der Waals surface area contributed by atoms with Gasteiger partial charge in [0.1, 0.15) is 18.7 Å². The molecule has 3 aromatic rings. The van der Waals surface area contributed by atoms with Crippen LogP contribution in [-0.4, -0.2) is 38.3 Å². The minimum Gasteiger partial charge on any atom is -0.487 e. The Kier molecular flexibility index (Phi) is 5.95. The van der Waals surface area contributed by atoms with E-state index in [9.17, 15) is 0 Å². The van der Waals surface area contributed by atoms with Crippen LogP contribution in [0.3, 0.4) is 0 Å². The highest BCUT2D eigenvalue weighted by atomic mass is 35.5. The molecule has 25 heavy (non-hydrogen) atoms. The van der Waals surface area contributed by atoms with Crippen LogP contribution < -0.4 is 10.1 Å². The number of ether oxygens (including phenoxy) is 1. The molecule has 1 fully saturated rings. The molecule has 1 aromatic carbocycles. The molecule has 3 heterocycles. The van der Waals surface area contributed by atoms with Gasteiger partial charge in [-0.15, -0.1) is 28.8 Å². The SMILES string of the molecule is Cl.c1cc(-n2cnnn2)ccc1OCc1csc(C2CCNCC2)n1. The number of hydrogen-bond acceptors (Lipinski definition) is 7. The number of benzene rings is 1. The van der Waals surface area contributed by atoms with Crippen LogP contribution in [0.2, 0.25) is 0 Å². The van der Waals surface area contributed by atoms with Gasteiger partial charge < -0.3 is 10.1 Å². The van der Waals surface area contributed by atoms with Crippen molar-refractivity contribution in [2.75, 3.05) is 13.1 Å². The summed E-state index contributed by atoms with van der Waals surface area (Å²) >= 11 is 1.75. The molecule has 0 radical (unpaired) electrons. The van der Waals surface area contributed by atoms with Crippen molar-refractivity contribution in [1.82, 2.24) is 30.5 Å². The predicted molar refractivity (Wildman–Crippen MR) is 97.7 cm³/mol. The van der Waals surface area contributed by atoms with Crippen LogP contribution in [0.1, 0.15) is 29.5 Å². The molecule has 0 amide bonds. The smallest absolute Gasteiger partial charge is 0.143 e. The quantitative estimate of drug-likeness (QED) is 0.735. The number of aromatic nitrogens is 5. The lowest BCUT2D eigenvalue weighted by atomic mass is 9.99. The lowest BCUT2D eigenvalue weighted by Crippen LogP contribution is -2.26. The molecule has 0 atom stereocenters. The maximum atomic E-state index is 5.84. The normalized spacial score (nSPS) is 14.9. The summed E-state index contributed by atoms with van der Waals surface area (Å²) in [5.74, 6) is 1.41. The fraction of sp³-hybridized carbons (Fsp3) is 0.375. The maximum absolute atomic E-state index is 5.84. The zero-order chi connectivity index (χ0) is 16.2. The Bertz CT molecular complexity index is 770. The number of nitrogens with one attached hydrogen (secondary N) is 1. The average molecular weight is 379 g/mol. The van der Waals surface area contributed by atoms with Crippen LogP contribution in [0.25, 0.3) is 5.69 Å². The third-order valence-corrected chi connectivity index (χ3v) is 5.15. The summed E-state index contributed by atoms with van der Waals surface area (Å²) < 4.78 is 7.44. The van der Waals surface area contributed by atoms with Gasteiger partial charge in [-0.2, -0.15) is 0 Å². The van der Waals surface area contributed by atoms with E-state index in [4.69, 9.17) is 9.72 Å². The molecule has 132 valence electrons. The number of hydrogen-bond donors (Lipinski definition) is 1. The molecule has 0 unspecified atom stereocenters. The predicted octanol–water partition coefficient (Wildman–Crippen LogP) is 2.59. The summed E-state index contributed by atoms with van der Waals surface area (Å²) in [5, 5.41) is 17.8. The molecule has 1 aliphatic rings. The van der Waals surface area contributed by atoms with Gasteiger partial charge in [0.25, 0.3) is 0 Å². The van der Waals surface area contributed by atoms with Crippen LogP contribution in [0, 0.1) is 0 Å². The Morgan fingerprint density at radius 2 is 2.00 bits per heavy atom. The van der Waals surface area contributed by atoms with Gasteiger partial charge in [0.2, 0.25) is 0 Å². The summed E-state index contributed by atoms with van der Waals surface area (Å²) in [5.41, 5.74) is 1.90. The van der Waals surface area contributed by atoms with E-state index in [1.807, 2.05) is 24.3 Å². The largest absolute Gasteiger partial charge is 0.487 e. The highest BCUT2D eigenvalue weighted by Gasteiger charge is 2.18. The standard InChI is InChI=1S/C16H18N6OS.ClH/c1-3-15(4-2-14(1)22-11-18-20-21-22)23-9-13-10-24-16(19-13)12-5-7-17-8-6-12;/h1-4,10-12,17H,5-9H2;1H. The van der Waals surface area contributed by atoms with Crippen molar-refractivity contribution >= 4 is 23.7 Å². The van der Waals surface area contributed by atoms with Crippen LogP contribution in [0.5, 0.6) is 5.75 Å². The highest BCUT2D eigenvalue weighted by Crippen LogP contribution is 2.28. The molecular formula is C16H19ClN6OS. The Morgan fingerprint density at radius 3 is 2.72 bits per heavy atom. The number of tetrazole rings is 1. The summed E-state index contributed by atoms with van der Waals surface area (Å²) in [6.07, 6.45) is 3.91. The Balaban J connectivity index is 0.00000182. The van der Waals surface area contributed by atoms with E-state index < -0.39 is 0 Å². The fourth-order valence-corrected chi connectivity index (χ4v) is 3.75. The summed E-state index contributed by atoms with van der Waals surface area (Å²) in [6.45, 7) is 2.67. The topological polar surface area (TPSA) is 77.8 Å². The maximum Gasteiger partial charge on any atom is 0.143 e. The monoisotopic (exact) mass is 378 g/mol. The van der Waals surface area contributed by atoms with Crippen LogP contribution in [0.4, 0.5) is 0 Å². The van der Waals surface area contributed by atoms with E-state index in [-0.39, 0.29) is 12.4 Å². The average Bonchev–Trinajstić information content (AvgIpc) is 3.33. The van der Waals surface area contributed by atoms with Crippen molar-refractivity contribution in [3.05, 3.63) is 46.7 Å². The number of nitrogens with zero attached hydrogens (tertiary/aromatic N) is 5. The van der Waals surface area contributed by atoms with Crippen LogP contribution in [0.15, 0.2) is 36.0 Å². The molecule has 9 heteroatoms. The van der Waals surface area contributed by atoms with Crippen molar-refractivity contribution in [2.24, 2.45) is 0 Å². The summed E-state index contributed by atoms with van der Waals surface area (Å²) in [7, 11) is 0. The number of piperidine rings is 1. The lowest BCUT2D eigenvalue weighted by molar-refractivity contribution is 0.301. The first kappa shape index (κ1) is 17.8. The van der Waals surface area contributed by atoms with E-state index in [0.29, 0.717) is 12.5 Å². The molecule has 0 bridgehead atoms. The fourth-order valence-electron chi connectivity index (χ4n) is 2.78. The second-order valence-electron chi connectivity index (χ2n) is 5.74. The second-order valence-corrected chi connectivity index (χ2v) is 6.63. The van der Waals surface area contributed by atoms with E-state index in [1.54, 1.807) is 22.3 Å². The van der Waals surface area contributed by atoms with Gasteiger partial charge in [0.15, 0.2) is 0 Å². The Morgan fingerprint density at radius 1 is 1.20 bits per heavy atom. The third kappa shape index (κ3) is 4.33. The Labute approximate surface area is 155 Å².